The maximum absolute atomic E-state index is 4.80. The number of halogens is 1. The lowest BCUT2D eigenvalue weighted by Crippen LogP contribution is -3.00. The summed E-state index contributed by atoms with van der Waals surface area (Å²) in [6.07, 6.45) is 0. The van der Waals surface area contributed by atoms with Crippen LogP contribution in [-0.4, -0.2) is 132 Å². The van der Waals surface area contributed by atoms with Gasteiger partial charge in [-0.2, -0.15) is 0 Å². The lowest BCUT2D eigenvalue weighted by atomic mass is 10.7. The first-order valence-corrected chi connectivity index (χ1v) is 9.02. The standard InChI is InChI=1S/C15H36N9S.ClH/c1-19(2)13(20(3)4)16-25(17-14(21(5)6)22(7)8)18-15(23(9)10)24(11)12;/h1-12H3;1H/q+1;/p-1. The third kappa shape index (κ3) is 8.70. The summed E-state index contributed by atoms with van der Waals surface area (Å²) in [5.41, 5.74) is 0. The molecule has 0 amide bonds. The summed E-state index contributed by atoms with van der Waals surface area (Å²) in [5, 5.41) is 0. The van der Waals surface area contributed by atoms with Crippen LogP contribution >= 0.6 is 0 Å². The lowest BCUT2D eigenvalue weighted by molar-refractivity contribution is -0.00000602. The summed E-state index contributed by atoms with van der Waals surface area (Å²) >= 11 is -0.924. The molecule has 0 aromatic carbocycles. The summed E-state index contributed by atoms with van der Waals surface area (Å²) in [6.45, 7) is 0. The Morgan fingerprint density at radius 2 is 0.577 bits per heavy atom. The van der Waals surface area contributed by atoms with E-state index in [-0.39, 0.29) is 12.4 Å². The fourth-order valence-electron chi connectivity index (χ4n) is 1.97. The van der Waals surface area contributed by atoms with E-state index in [1.165, 1.54) is 0 Å². The summed E-state index contributed by atoms with van der Waals surface area (Å²) in [7, 11) is 23.6. The van der Waals surface area contributed by atoms with Crippen molar-refractivity contribution in [2.45, 2.75) is 0 Å². The van der Waals surface area contributed by atoms with Crippen molar-refractivity contribution in [3.05, 3.63) is 0 Å². The molecule has 0 aromatic heterocycles. The Bertz CT molecular complexity index is 398. The molecule has 0 bridgehead atoms. The molecule has 0 aliphatic carbocycles. The van der Waals surface area contributed by atoms with Crippen LogP contribution in [0.3, 0.4) is 0 Å². The molecule has 0 N–H and O–H groups in total. The van der Waals surface area contributed by atoms with Gasteiger partial charge in [-0.3, -0.25) is 0 Å². The summed E-state index contributed by atoms with van der Waals surface area (Å²) in [5.74, 6) is 2.43. The Kier molecular flexibility index (Phi) is 12.3. The molecule has 11 heteroatoms. The lowest BCUT2D eigenvalue weighted by Gasteiger charge is -2.22. The van der Waals surface area contributed by atoms with Crippen LogP contribution in [0.1, 0.15) is 0 Å². The van der Waals surface area contributed by atoms with Gasteiger partial charge in [0.15, 0.2) is 0 Å². The average molecular weight is 410 g/mol. The molecule has 0 saturated heterocycles. The predicted molar refractivity (Wildman–Crippen MR) is 112 cm³/mol. The average Bonchev–Trinajstić information content (AvgIpc) is 2.43. The highest BCUT2D eigenvalue weighted by molar-refractivity contribution is 7.93. The Balaban J connectivity index is 0. The Morgan fingerprint density at radius 1 is 0.423 bits per heavy atom. The SMILES string of the molecule is CN(C)C(=N[S+](N=C(N(C)C)N(C)C)N=C(N(C)C)N(C)C)N(C)C.[Cl-]. The van der Waals surface area contributed by atoms with Gasteiger partial charge in [0.25, 0.3) is 17.9 Å². The van der Waals surface area contributed by atoms with Crippen LogP contribution in [0.2, 0.25) is 0 Å². The van der Waals surface area contributed by atoms with Gasteiger partial charge >= 0.3 is 11.5 Å². The molecule has 0 aliphatic rings. The van der Waals surface area contributed by atoms with Gasteiger partial charge in [0, 0.05) is 97.8 Å². The van der Waals surface area contributed by atoms with Crippen molar-refractivity contribution in [3.8, 4) is 0 Å². The van der Waals surface area contributed by atoms with Gasteiger partial charge in [-0.15, -0.1) is 0 Å². The minimum absolute atomic E-state index is 0. The molecule has 26 heavy (non-hydrogen) atoms. The molecular weight excluding hydrogens is 374 g/mol. The molecule has 0 radical (unpaired) electrons. The maximum atomic E-state index is 4.80. The van der Waals surface area contributed by atoms with Crippen LogP contribution in [0.25, 0.3) is 0 Å². The second-order valence-corrected chi connectivity index (χ2v) is 7.82. The molecule has 0 aliphatic heterocycles. The first-order chi connectivity index (χ1) is 11.4. The molecule has 0 unspecified atom stereocenters. The zero-order valence-corrected chi connectivity index (χ0v) is 19.9. The van der Waals surface area contributed by atoms with Crippen LogP contribution < -0.4 is 12.4 Å². The third-order valence-corrected chi connectivity index (χ3v) is 3.87. The van der Waals surface area contributed by atoms with Gasteiger partial charge in [0.2, 0.25) is 0 Å². The second kappa shape index (κ2) is 11.9. The molecule has 0 heterocycles. The quantitative estimate of drug-likeness (QED) is 0.278. The van der Waals surface area contributed by atoms with E-state index in [1.807, 2.05) is 114 Å². The van der Waals surface area contributed by atoms with Crippen LogP contribution in [-0.2, 0) is 11.5 Å². The molecule has 0 rings (SSSR count). The molecule has 0 aromatic rings. The van der Waals surface area contributed by atoms with Gasteiger partial charge < -0.3 is 41.8 Å². The molecule has 9 nitrogen and oxygen atoms in total. The first-order valence-electron chi connectivity index (χ1n) is 7.93. The highest BCUT2D eigenvalue weighted by Crippen LogP contribution is 2.10. The largest absolute Gasteiger partial charge is 1.00 e. The summed E-state index contributed by atoms with van der Waals surface area (Å²) in [4.78, 5) is 11.8. The van der Waals surface area contributed by atoms with Crippen LogP contribution in [0, 0.1) is 0 Å². The van der Waals surface area contributed by atoms with Gasteiger partial charge in [0.1, 0.15) is 0 Å². The molecule has 0 atom stereocenters. The van der Waals surface area contributed by atoms with E-state index in [0.29, 0.717) is 0 Å². The molecular formula is C15H36ClN9S. The van der Waals surface area contributed by atoms with Crippen molar-refractivity contribution < 1.29 is 12.4 Å². The fraction of sp³-hybridized carbons (Fsp3) is 0.800. The van der Waals surface area contributed by atoms with Gasteiger partial charge in [-0.1, -0.05) is 0 Å². The van der Waals surface area contributed by atoms with Crippen molar-refractivity contribution in [2.24, 2.45) is 13.2 Å². The van der Waals surface area contributed by atoms with E-state index in [1.54, 1.807) is 0 Å². The smallest absolute Gasteiger partial charge is 0.436 e. The Hall–Kier alpha value is -1.55. The summed E-state index contributed by atoms with van der Waals surface area (Å²) in [6, 6.07) is 0. The monoisotopic (exact) mass is 409 g/mol. The van der Waals surface area contributed by atoms with Crippen molar-refractivity contribution >= 4 is 29.3 Å². The van der Waals surface area contributed by atoms with E-state index in [2.05, 4.69) is 0 Å². The van der Waals surface area contributed by atoms with E-state index in [4.69, 9.17) is 13.2 Å². The van der Waals surface area contributed by atoms with Crippen LogP contribution in [0.4, 0.5) is 0 Å². The highest BCUT2D eigenvalue weighted by atomic mass is 35.5. The Morgan fingerprint density at radius 3 is 0.692 bits per heavy atom. The van der Waals surface area contributed by atoms with Gasteiger partial charge in [0.05, 0.1) is 0 Å². The van der Waals surface area contributed by atoms with Gasteiger partial charge in [-0.05, 0) is 0 Å². The number of hydrogen-bond donors (Lipinski definition) is 0. The van der Waals surface area contributed by atoms with Gasteiger partial charge in [-0.25, -0.2) is 0 Å². The third-order valence-electron chi connectivity index (χ3n) is 2.89. The number of rotatable bonds is 3. The topological polar surface area (TPSA) is 56.5 Å². The van der Waals surface area contributed by atoms with E-state index in [0.717, 1.165) is 17.9 Å². The minimum atomic E-state index is -0.924. The van der Waals surface area contributed by atoms with Crippen molar-refractivity contribution in [1.82, 2.24) is 29.4 Å². The fourth-order valence-corrected chi connectivity index (χ4v) is 3.51. The normalized spacial score (nSPS) is 9.58. The molecule has 0 spiro atoms. The van der Waals surface area contributed by atoms with E-state index >= 15 is 0 Å². The van der Waals surface area contributed by atoms with Crippen LogP contribution in [0.15, 0.2) is 13.2 Å². The van der Waals surface area contributed by atoms with E-state index < -0.39 is 11.5 Å². The number of nitrogens with zero attached hydrogens (tertiary/aromatic N) is 9. The minimum Gasteiger partial charge on any atom is -1.00 e. The highest BCUT2D eigenvalue weighted by Gasteiger charge is 2.28. The van der Waals surface area contributed by atoms with Crippen molar-refractivity contribution in [1.29, 1.82) is 0 Å². The molecule has 0 fully saturated rings. The predicted octanol–water partition coefficient (Wildman–Crippen LogP) is -3.21. The zero-order valence-electron chi connectivity index (χ0n) is 18.3. The maximum Gasteiger partial charge on any atom is 0.436 e. The van der Waals surface area contributed by atoms with E-state index in [9.17, 15) is 0 Å². The molecule has 154 valence electrons. The molecule has 0 saturated carbocycles. The Labute approximate surface area is 169 Å². The van der Waals surface area contributed by atoms with Crippen LogP contribution in [0.5, 0.6) is 0 Å². The number of guanidine groups is 3. The van der Waals surface area contributed by atoms with Crippen molar-refractivity contribution in [2.75, 3.05) is 84.6 Å². The van der Waals surface area contributed by atoms with Crippen molar-refractivity contribution in [3.63, 3.8) is 0 Å². The zero-order chi connectivity index (χ0) is 19.9. The second-order valence-electron chi connectivity index (χ2n) is 6.79. The summed E-state index contributed by atoms with van der Waals surface area (Å²) < 4.78 is 14.4. The first kappa shape index (κ1) is 26.7. The number of hydrogen-bond acceptors (Lipinski definition) is 3.